The van der Waals surface area contributed by atoms with Gasteiger partial charge in [0.15, 0.2) is 0 Å². The van der Waals surface area contributed by atoms with Gasteiger partial charge in [0, 0.05) is 28.2 Å². The van der Waals surface area contributed by atoms with E-state index >= 15 is 0 Å². The average molecular weight is 1090 g/mol. The van der Waals surface area contributed by atoms with E-state index in [2.05, 4.69) is 319 Å². The molecule has 406 valence electrons. The van der Waals surface area contributed by atoms with Gasteiger partial charge in [-0.15, -0.1) is 0 Å². The summed E-state index contributed by atoms with van der Waals surface area (Å²) in [5.41, 5.74) is 29.0. The summed E-state index contributed by atoms with van der Waals surface area (Å²) in [6, 6.07) is 104. The molecule has 2 heteroatoms. The zero-order valence-corrected chi connectivity index (χ0v) is 48.8. The van der Waals surface area contributed by atoms with E-state index in [1.807, 2.05) is 0 Å². The summed E-state index contributed by atoms with van der Waals surface area (Å²) in [5.74, 6) is 1.79. The fourth-order valence-electron chi connectivity index (χ4n) is 16.2. The summed E-state index contributed by atoms with van der Waals surface area (Å²) in [6.45, 7) is 13.9. The van der Waals surface area contributed by atoms with Crippen LogP contribution >= 0.6 is 0 Å². The Bertz CT molecular complexity index is 4510. The van der Waals surface area contributed by atoms with Crippen LogP contribution in [-0.4, -0.2) is 0 Å². The molecule has 0 unspecified atom stereocenters. The maximum Gasteiger partial charge on any atom is 0.132 e. The summed E-state index contributed by atoms with van der Waals surface area (Å²) in [4.78, 5) is 2.59. The SMILES string of the molecule is CC(C)(C)c1ccc2c(c1)C1(c3cc(C(C)(C)C)ccc3O2)c2ccccc2-c2ccc(N(c3ccc4c(c3)C(c3ccccc3)(c3ccccc3)c3ccccc3-4)c3ccc4c(c3)C3(c5ccccc5-c5ccccc53)c3ccccc3-4)cc21. The van der Waals surface area contributed by atoms with Crippen molar-refractivity contribution in [2.75, 3.05) is 4.90 Å². The third-order valence-electron chi connectivity index (χ3n) is 19.9. The van der Waals surface area contributed by atoms with Crippen LogP contribution in [-0.2, 0) is 27.1 Å². The van der Waals surface area contributed by atoms with E-state index in [1.54, 1.807) is 0 Å². The number of rotatable bonds is 5. The van der Waals surface area contributed by atoms with Crippen molar-refractivity contribution in [2.45, 2.75) is 68.6 Å². The molecule has 0 N–H and O–H groups in total. The molecule has 1 heterocycles. The lowest BCUT2D eigenvalue weighted by molar-refractivity contribution is 0.433. The summed E-state index contributed by atoms with van der Waals surface area (Å²) in [6.07, 6.45) is 0. The molecule has 0 bridgehead atoms. The van der Waals surface area contributed by atoms with Gasteiger partial charge < -0.3 is 9.64 Å². The van der Waals surface area contributed by atoms with Crippen molar-refractivity contribution in [3.63, 3.8) is 0 Å². The topological polar surface area (TPSA) is 12.5 Å². The van der Waals surface area contributed by atoms with Crippen LogP contribution < -0.4 is 9.64 Å². The van der Waals surface area contributed by atoms with E-state index in [9.17, 15) is 0 Å². The van der Waals surface area contributed by atoms with E-state index in [0.717, 1.165) is 28.6 Å². The second kappa shape index (κ2) is 17.6. The van der Waals surface area contributed by atoms with Gasteiger partial charge in [0.25, 0.3) is 0 Å². The molecule has 0 fully saturated rings. The Kier molecular flexibility index (Phi) is 10.3. The highest BCUT2D eigenvalue weighted by molar-refractivity contribution is 5.98. The lowest BCUT2D eigenvalue weighted by Crippen LogP contribution is -2.33. The summed E-state index contributed by atoms with van der Waals surface area (Å²) in [7, 11) is 0. The Labute approximate surface area is 499 Å². The van der Waals surface area contributed by atoms with Crippen LogP contribution in [0.1, 0.15) is 119 Å². The van der Waals surface area contributed by atoms with Gasteiger partial charge in [-0.1, -0.05) is 254 Å². The van der Waals surface area contributed by atoms with Crippen LogP contribution in [0, 0.1) is 0 Å². The van der Waals surface area contributed by atoms with E-state index in [0.29, 0.717) is 0 Å². The molecule has 2 nitrogen and oxygen atoms in total. The van der Waals surface area contributed by atoms with Crippen molar-refractivity contribution in [3.05, 3.63) is 351 Å². The first-order valence-electron chi connectivity index (χ1n) is 30.2. The molecule has 1 aliphatic heterocycles. The Balaban J connectivity index is 0.981. The maximum atomic E-state index is 7.16. The van der Waals surface area contributed by atoms with E-state index in [-0.39, 0.29) is 10.8 Å². The van der Waals surface area contributed by atoms with Crippen LogP contribution in [0.25, 0.3) is 44.5 Å². The Morgan fingerprint density at radius 1 is 0.247 bits per heavy atom. The molecule has 85 heavy (non-hydrogen) atoms. The predicted molar refractivity (Wildman–Crippen MR) is 350 cm³/mol. The molecule has 0 atom stereocenters. The maximum absolute atomic E-state index is 7.16. The first-order valence-corrected chi connectivity index (χ1v) is 30.2. The molecule has 0 amide bonds. The van der Waals surface area contributed by atoms with Crippen LogP contribution in [0.2, 0.25) is 0 Å². The second-order valence-corrected chi connectivity index (χ2v) is 26.3. The van der Waals surface area contributed by atoms with E-state index < -0.39 is 16.2 Å². The minimum atomic E-state index is -0.727. The average Bonchev–Trinajstić information content (AvgIpc) is 1.58. The van der Waals surface area contributed by atoms with Crippen molar-refractivity contribution in [1.29, 1.82) is 0 Å². The Morgan fingerprint density at radius 3 is 0.871 bits per heavy atom. The molecule has 2 spiro atoms. The van der Waals surface area contributed by atoms with Gasteiger partial charge in [-0.25, -0.2) is 0 Å². The van der Waals surface area contributed by atoms with E-state index in [1.165, 1.54) is 122 Å². The first kappa shape index (κ1) is 49.8. The van der Waals surface area contributed by atoms with Crippen LogP contribution in [0.4, 0.5) is 17.1 Å². The van der Waals surface area contributed by atoms with Crippen LogP contribution in [0.5, 0.6) is 11.5 Å². The third kappa shape index (κ3) is 6.60. The molecule has 5 aliphatic rings. The molecule has 17 rings (SSSR count). The van der Waals surface area contributed by atoms with Crippen molar-refractivity contribution in [3.8, 4) is 56.0 Å². The van der Waals surface area contributed by atoms with Gasteiger partial charge in [-0.3, -0.25) is 0 Å². The first-order chi connectivity index (χ1) is 41.4. The zero-order chi connectivity index (χ0) is 57.2. The summed E-state index contributed by atoms with van der Waals surface area (Å²) < 4.78 is 7.16. The lowest BCUT2D eigenvalue weighted by Gasteiger charge is -2.41. The van der Waals surface area contributed by atoms with Gasteiger partial charge in [0.05, 0.1) is 16.2 Å². The molecule has 4 aliphatic carbocycles. The molecule has 12 aromatic carbocycles. The summed E-state index contributed by atoms with van der Waals surface area (Å²) in [5, 5.41) is 0. The quantitative estimate of drug-likeness (QED) is 0.170. The largest absolute Gasteiger partial charge is 0.457 e. The number of hydrogen-bond donors (Lipinski definition) is 0. The van der Waals surface area contributed by atoms with Crippen LogP contribution in [0.3, 0.4) is 0 Å². The monoisotopic (exact) mass is 1090 g/mol. The lowest BCUT2D eigenvalue weighted by atomic mass is 9.64. The molecule has 12 aromatic rings. The number of hydrogen-bond acceptors (Lipinski definition) is 2. The molecular weight excluding hydrogens is 1030 g/mol. The highest BCUT2D eigenvalue weighted by atomic mass is 16.5. The predicted octanol–water partition coefficient (Wildman–Crippen LogP) is 20.9. The fourth-order valence-corrected chi connectivity index (χ4v) is 16.2. The molecule has 0 aromatic heterocycles. The fraction of sp³-hybridized carbons (Fsp3) is 0.133. The number of ether oxygens (including phenoxy) is 1. The van der Waals surface area contributed by atoms with Crippen molar-refractivity contribution in [1.82, 2.24) is 0 Å². The Morgan fingerprint density at radius 2 is 0.529 bits per heavy atom. The standard InChI is InChI=1S/C83H63NO/c1-79(2,3)54-37-45-77-75(47-54)83(76-48-55(80(4,5)6)38-46-78(76)85-77)71-36-22-17-31-63(71)66-44-41-58(51-74(66)83)84(56-39-42-64-61-29-13-18-32-67(61)81(72(64)49-56,52-23-9-7-10-24-52)53-25-11-8-12-26-53)57-40-43-65-62-30-16-21-35-70(62)82(73(65)50-57)68-33-19-14-27-59(68)60-28-15-20-34-69(60)82/h7-51H,1-6H3. The van der Waals surface area contributed by atoms with Crippen molar-refractivity contribution < 1.29 is 4.74 Å². The number of nitrogens with zero attached hydrogens (tertiary/aromatic N) is 1. The third-order valence-corrected chi connectivity index (χ3v) is 19.9. The minimum absolute atomic E-state index is 0.115. The summed E-state index contributed by atoms with van der Waals surface area (Å²) >= 11 is 0. The normalized spacial score (nSPS) is 15.1. The van der Waals surface area contributed by atoms with Gasteiger partial charge in [-0.2, -0.15) is 0 Å². The smallest absolute Gasteiger partial charge is 0.132 e. The van der Waals surface area contributed by atoms with Crippen molar-refractivity contribution >= 4 is 17.1 Å². The zero-order valence-electron chi connectivity index (χ0n) is 48.8. The minimum Gasteiger partial charge on any atom is -0.457 e. The van der Waals surface area contributed by atoms with Crippen LogP contribution in [0.15, 0.2) is 273 Å². The van der Waals surface area contributed by atoms with Crippen molar-refractivity contribution in [2.24, 2.45) is 0 Å². The highest BCUT2D eigenvalue weighted by Crippen LogP contribution is 2.66. The highest BCUT2D eigenvalue weighted by Gasteiger charge is 2.54. The molecular formula is C83H63NO. The molecule has 0 radical (unpaired) electrons. The van der Waals surface area contributed by atoms with E-state index in [4.69, 9.17) is 4.74 Å². The number of anilines is 3. The number of benzene rings is 12. The number of fused-ring (bicyclic) bond motifs is 22. The Hall–Kier alpha value is -9.76. The molecule has 0 saturated heterocycles. The van der Waals surface area contributed by atoms with Gasteiger partial charge in [0.2, 0.25) is 0 Å². The second-order valence-electron chi connectivity index (χ2n) is 26.3. The van der Waals surface area contributed by atoms with Gasteiger partial charge >= 0.3 is 0 Å². The van der Waals surface area contributed by atoms with Gasteiger partial charge in [0.1, 0.15) is 11.5 Å². The molecule has 0 saturated carbocycles. The van der Waals surface area contributed by atoms with Gasteiger partial charge in [-0.05, 0) is 183 Å².